The van der Waals surface area contributed by atoms with Gasteiger partial charge in [0.1, 0.15) is 0 Å². The molecule has 52 valence electrons. The van der Waals surface area contributed by atoms with E-state index in [1.807, 2.05) is 0 Å². The van der Waals surface area contributed by atoms with Crippen LogP contribution in [0, 0.1) is 0 Å². The molecule has 0 aromatic heterocycles. The van der Waals surface area contributed by atoms with E-state index in [0.29, 0.717) is 0 Å². The monoisotopic (exact) mass is 130 g/mol. The van der Waals surface area contributed by atoms with Gasteiger partial charge in [-0.1, -0.05) is 0 Å². The molecule has 1 aliphatic rings. The van der Waals surface area contributed by atoms with Crippen LogP contribution in [0.1, 0.15) is 0 Å². The molecule has 0 spiro atoms. The van der Waals surface area contributed by atoms with Gasteiger partial charge in [0.15, 0.2) is 0 Å². The summed E-state index contributed by atoms with van der Waals surface area (Å²) >= 11 is 0. The van der Waals surface area contributed by atoms with Crippen molar-refractivity contribution in [2.75, 3.05) is 26.4 Å². The Kier molecular flexibility index (Phi) is 6.61. The van der Waals surface area contributed by atoms with Gasteiger partial charge in [-0.25, -0.2) is 0 Å². The summed E-state index contributed by atoms with van der Waals surface area (Å²) in [5, 5.41) is 0. The van der Waals surface area contributed by atoms with E-state index >= 15 is 0 Å². The molecular formula is C4H8N3O2-. The zero-order chi connectivity index (χ0) is 6.95. The van der Waals surface area contributed by atoms with E-state index in [9.17, 15) is 0 Å². The highest BCUT2D eigenvalue weighted by Gasteiger charge is 1.94. The number of rotatable bonds is 0. The Morgan fingerprint density at radius 3 is 1.22 bits per heavy atom. The van der Waals surface area contributed by atoms with Gasteiger partial charge in [0.05, 0.1) is 26.4 Å². The van der Waals surface area contributed by atoms with E-state index in [1.165, 1.54) is 4.91 Å². The zero-order valence-electron chi connectivity index (χ0n) is 4.99. The van der Waals surface area contributed by atoms with Gasteiger partial charge in [0.2, 0.25) is 0 Å². The first-order valence-corrected chi connectivity index (χ1v) is 2.55. The van der Waals surface area contributed by atoms with E-state index in [1.54, 1.807) is 0 Å². The Balaban J connectivity index is 0.000000187. The molecule has 0 aliphatic carbocycles. The topological polar surface area (TPSA) is 77.2 Å². The van der Waals surface area contributed by atoms with E-state index in [4.69, 9.17) is 20.5 Å². The summed E-state index contributed by atoms with van der Waals surface area (Å²) in [6.07, 6.45) is 0. The van der Waals surface area contributed by atoms with Crippen molar-refractivity contribution in [2.24, 2.45) is 0 Å². The van der Waals surface area contributed by atoms with Crippen LogP contribution in [0.2, 0.25) is 0 Å². The molecule has 1 rings (SSSR count). The molecule has 5 heteroatoms. The Hall–Kier alpha value is -0.770. The maximum Gasteiger partial charge on any atom is 0.0701 e. The van der Waals surface area contributed by atoms with Crippen LogP contribution in [-0.2, 0) is 9.47 Å². The quantitative estimate of drug-likeness (QED) is 0.277. The van der Waals surface area contributed by atoms with Gasteiger partial charge < -0.3 is 20.5 Å². The smallest absolute Gasteiger partial charge is 0.0701 e. The SMILES string of the molecule is C1COCCO1.[N-]=[N+]=[N-]. The minimum Gasteiger partial charge on any atom is -0.377 e. The molecule has 1 fully saturated rings. The summed E-state index contributed by atoms with van der Waals surface area (Å²) in [7, 11) is 0. The first kappa shape index (κ1) is 8.23. The van der Waals surface area contributed by atoms with Crippen molar-refractivity contribution >= 4 is 0 Å². The molecule has 5 nitrogen and oxygen atoms in total. The third kappa shape index (κ3) is 7.23. The average molecular weight is 130 g/mol. The molecule has 0 aromatic rings. The second kappa shape index (κ2) is 7.23. The van der Waals surface area contributed by atoms with Crippen molar-refractivity contribution in [1.29, 1.82) is 0 Å². The molecule has 1 heterocycles. The average Bonchev–Trinajstić information content (AvgIpc) is 1.93. The summed E-state index contributed by atoms with van der Waals surface area (Å²) in [4.78, 5) is 1.50. The van der Waals surface area contributed by atoms with Crippen molar-refractivity contribution < 1.29 is 9.47 Å². The Morgan fingerprint density at radius 1 is 0.889 bits per heavy atom. The van der Waals surface area contributed by atoms with Crippen molar-refractivity contribution in [3.05, 3.63) is 16.0 Å². The number of hydrogen-bond donors (Lipinski definition) is 0. The van der Waals surface area contributed by atoms with Gasteiger partial charge in [-0.3, -0.25) is 4.91 Å². The second-order valence-electron chi connectivity index (χ2n) is 1.31. The number of nitrogens with zero attached hydrogens (tertiary/aromatic N) is 3. The standard InChI is InChI=1S/C4H8O2.N3/c1-2-6-4-3-5-1;1-3-2/h1-4H2;/q;-1. The van der Waals surface area contributed by atoms with Gasteiger partial charge >= 0.3 is 0 Å². The minimum absolute atomic E-state index is 0.778. The molecule has 0 amide bonds. The predicted molar refractivity (Wildman–Crippen MR) is 31.7 cm³/mol. The van der Waals surface area contributed by atoms with Crippen LogP contribution in [0.4, 0.5) is 0 Å². The fourth-order valence-electron chi connectivity index (χ4n) is 0.440. The maximum atomic E-state index is 6.75. The highest BCUT2D eigenvalue weighted by atomic mass is 16.6. The summed E-state index contributed by atoms with van der Waals surface area (Å²) in [5.41, 5.74) is 13.5. The molecular weight excluding hydrogens is 122 g/mol. The largest absolute Gasteiger partial charge is 0.377 e. The Labute approximate surface area is 53.0 Å². The lowest BCUT2D eigenvalue weighted by Gasteiger charge is -2.09. The van der Waals surface area contributed by atoms with Crippen LogP contribution >= 0.6 is 0 Å². The minimum atomic E-state index is 0.778. The summed E-state index contributed by atoms with van der Waals surface area (Å²) in [5.74, 6) is 0. The Bertz CT molecular complexity index is 74.3. The number of ether oxygens (including phenoxy) is 2. The van der Waals surface area contributed by atoms with E-state index in [2.05, 4.69) is 0 Å². The first-order chi connectivity index (χ1) is 4.41. The molecule has 0 aromatic carbocycles. The van der Waals surface area contributed by atoms with Gasteiger partial charge in [-0.2, -0.15) is 0 Å². The lowest BCUT2D eigenvalue weighted by molar-refractivity contribution is -0.0334. The van der Waals surface area contributed by atoms with Gasteiger partial charge in [-0.05, 0) is 0 Å². The molecule has 0 atom stereocenters. The lowest BCUT2D eigenvalue weighted by atomic mass is 10.6. The van der Waals surface area contributed by atoms with Crippen LogP contribution in [0.3, 0.4) is 0 Å². The van der Waals surface area contributed by atoms with Crippen LogP contribution < -0.4 is 0 Å². The third-order valence-electron chi connectivity index (χ3n) is 0.744. The van der Waals surface area contributed by atoms with Crippen LogP contribution in [-0.4, -0.2) is 26.4 Å². The highest BCUT2D eigenvalue weighted by Crippen LogP contribution is 1.85. The summed E-state index contributed by atoms with van der Waals surface area (Å²) < 4.78 is 9.89. The van der Waals surface area contributed by atoms with Gasteiger partial charge in [0, 0.05) is 0 Å². The fourth-order valence-corrected chi connectivity index (χ4v) is 0.440. The third-order valence-corrected chi connectivity index (χ3v) is 0.744. The number of hydrogen-bond acceptors (Lipinski definition) is 2. The predicted octanol–water partition coefficient (Wildman–Crippen LogP) is 0.899. The highest BCUT2D eigenvalue weighted by molar-refractivity contribution is 4.37. The molecule has 1 aliphatic heterocycles. The van der Waals surface area contributed by atoms with E-state index in [0.717, 1.165) is 26.4 Å². The molecule has 0 unspecified atom stereocenters. The van der Waals surface area contributed by atoms with Gasteiger partial charge in [0.25, 0.3) is 0 Å². The van der Waals surface area contributed by atoms with E-state index in [-0.39, 0.29) is 0 Å². The summed E-state index contributed by atoms with van der Waals surface area (Å²) in [6.45, 7) is 3.11. The van der Waals surface area contributed by atoms with Crippen molar-refractivity contribution in [3.63, 3.8) is 0 Å². The van der Waals surface area contributed by atoms with Crippen LogP contribution in [0.5, 0.6) is 0 Å². The van der Waals surface area contributed by atoms with Crippen LogP contribution in [0.25, 0.3) is 16.0 Å². The first-order valence-electron chi connectivity index (χ1n) is 2.55. The molecule has 0 bridgehead atoms. The zero-order valence-corrected chi connectivity index (χ0v) is 4.99. The second-order valence-corrected chi connectivity index (χ2v) is 1.31. The van der Waals surface area contributed by atoms with Crippen molar-refractivity contribution in [2.45, 2.75) is 0 Å². The van der Waals surface area contributed by atoms with Crippen LogP contribution in [0.15, 0.2) is 0 Å². The molecule has 0 saturated carbocycles. The molecule has 9 heavy (non-hydrogen) atoms. The maximum absolute atomic E-state index is 6.75. The fraction of sp³-hybridized carbons (Fsp3) is 1.00. The van der Waals surface area contributed by atoms with E-state index < -0.39 is 0 Å². The van der Waals surface area contributed by atoms with Crippen molar-refractivity contribution in [1.82, 2.24) is 0 Å². The molecule has 0 N–H and O–H groups in total. The molecule has 0 radical (unpaired) electrons. The Morgan fingerprint density at radius 2 is 1.11 bits per heavy atom. The van der Waals surface area contributed by atoms with Crippen molar-refractivity contribution in [3.8, 4) is 0 Å². The molecule has 1 saturated heterocycles. The van der Waals surface area contributed by atoms with Gasteiger partial charge in [-0.15, -0.1) is 0 Å². The lowest BCUT2D eigenvalue weighted by Crippen LogP contribution is -2.16. The normalized spacial score (nSPS) is 16.9. The summed E-state index contributed by atoms with van der Waals surface area (Å²) in [6, 6.07) is 0.